The Labute approximate surface area is 123 Å². The van der Waals surface area contributed by atoms with Gasteiger partial charge in [-0.1, -0.05) is 6.42 Å². The maximum atomic E-state index is 12.7. The van der Waals surface area contributed by atoms with Gasteiger partial charge in [0, 0.05) is 18.3 Å². The quantitative estimate of drug-likeness (QED) is 0.870. The van der Waals surface area contributed by atoms with Gasteiger partial charge in [-0.25, -0.2) is 0 Å². The molecule has 0 saturated heterocycles. The van der Waals surface area contributed by atoms with Gasteiger partial charge in [0.1, 0.15) is 0 Å². The minimum absolute atomic E-state index is 0.117. The van der Waals surface area contributed by atoms with E-state index in [0.717, 1.165) is 0 Å². The largest absolute Gasteiger partial charge is 0.391 e. The highest BCUT2D eigenvalue weighted by Gasteiger charge is 2.43. The Morgan fingerprint density at radius 3 is 2.80 bits per heavy atom. The van der Waals surface area contributed by atoms with Gasteiger partial charge in [-0.2, -0.15) is 13.2 Å². The number of nitrogens with zero attached hydrogens (tertiary/aromatic N) is 1. The summed E-state index contributed by atoms with van der Waals surface area (Å²) in [6.45, 7) is 0. The van der Waals surface area contributed by atoms with Crippen molar-refractivity contribution in [2.45, 2.75) is 31.9 Å². The zero-order chi connectivity index (χ0) is 14.8. The summed E-state index contributed by atoms with van der Waals surface area (Å²) in [5.41, 5.74) is 0.527. The number of aromatic nitrogens is 1. The van der Waals surface area contributed by atoms with Gasteiger partial charge in [-0.15, -0.1) is 0 Å². The Bertz CT molecular complexity index is 493. The first-order chi connectivity index (χ1) is 9.38. The second kappa shape index (κ2) is 6.11. The summed E-state index contributed by atoms with van der Waals surface area (Å²) in [7, 11) is 0. The minimum Gasteiger partial charge on any atom is -0.325 e. The van der Waals surface area contributed by atoms with E-state index in [0.29, 0.717) is 23.0 Å². The first-order valence-corrected chi connectivity index (χ1v) is 7.14. The molecule has 0 aliphatic heterocycles. The van der Waals surface area contributed by atoms with Crippen LogP contribution >= 0.6 is 15.9 Å². The Morgan fingerprint density at radius 2 is 2.15 bits per heavy atom. The molecule has 1 aromatic rings. The van der Waals surface area contributed by atoms with Gasteiger partial charge in [-0.3, -0.25) is 9.78 Å². The molecule has 3 nitrogen and oxygen atoms in total. The molecule has 0 bridgehead atoms. The molecule has 1 amide bonds. The lowest BCUT2D eigenvalue weighted by Crippen LogP contribution is -2.34. The number of carbonyl (C=O) groups is 1. The second-order valence-corrected chi connectivity index (χ2v) is 5.80. The minimum atomic E-state index is -4.21. The standard InChI is InChI=1S/C13H14BrF3N2O/c14-10-7-18-5-4-11(10)19-12(20)8-2-1-3-9(6-8)13(15,16)17/h4-5,7-9H,1-3,6H2,(H,18,19,20). The van der Waals surface area contributed by atoms with E-state index >= 15 is 0 Å². The Hall–Kier alpha value is -1.11. The predicted molar refractivity (Wildman–Crippen MR) is 72.1 cm³/mol. The van der Waals surface area contributed by atoms with E-state index in [2.05, 4.69) is 26.2 Å². The van der Waals surface area contributed by atoms with Gasteiger partial charge in [0.25, 0.3) is 0 Å². The lowest BCUT2D eigenvalue weighted by atomic mass is 9.80. The summed E-state index contributed by atoms with van der Waals surface area (Å²) in [5, 5.41) is 2.66. The number of nitrogens with one attached hydrogen (secondary N) is 1. The summed E-state index contributed by atoms with van der Waals surface area (Å²) in [5.74, 6) is -2.31. The summed E-state index contributed by atoms with van der Waals surface area (Å²) < 4.78 is 38.8. The maximum absolute atomic E-state index is 12.7. The third-order valence-electron chi connectivity index (χ3n) is 3.54. The fourth-order valence-corrected chi connectivity index (χ4v) is 2.79. The van der Waals surface area contributed by atoms with Gasteiger partial charge in [0.15, 0.2) is 0 Å². The molecule has 0 radical (unpaired) electrons. The Balaban J connectivity index is 2.01. The van der Waals surface area contributed by atoms with Crippen LogP contribution in [0.5, 0.6) is 0 Å². The van der Waals surface area contributed by atoms with Crippen LogP contribution in [0.15, 0.2) is 22.9 Å². The van der Waals surface area contributed by atoms with Crippen LogP contribution in [0.3, 0.4) is 0 Å². The van der Waals surface area contributed by atoms with Gasteiger partial charge < -0.3 is 5.32 Å². The molecule has 7 heteroatoms. The predicted octanol–water partition coefficient (Wildman–Crippen LogP) is 4.15. The van der Waals surface area contributed by atoms with E-state index < -0.39 is 18.0 Å². The van der Waals surface area contributed by atoms with Crippen molar-refractivity contribution in [2.24, 2.45) is 11.8 Å². The zero-order valence-corrected chi connectivity index (χ0v) is 12.2. The number of hydrogen-bond donors (Lipinski definition) is 1. The number of carbonyl (C=O) groups excluding carboxylic acids is 1. The van der Waals surface area contributed by atoms with Crippen LogP contribution in [0.25, 0.3) is 0 Å². The molecule has 1 aliphatic rings. The topological polar surface area (TPSA) is 42.0 Å². The summed E-state index contributed by atoms with van der Waals surface area (Å²) in [6, 6.07) is 1.60. The number of amides is 1. The average molecular weight is 351 g/mol. The molecule has 0 spiro atoms. The number of pyridine rings is 1. The highest BCUT2D eigenvalue weighted by molar-refractivity contribution is 9.10. The normalized spacial score (nSPS) is 23.4. The molecule has 2 unspecified atom stereocenters. The van der Waals surface area contributed by atoms with E-state index in [4.69, 9.17) is 0 Å². The lowest BCUT2D eigenvalue weighted by Gasteiger charge is -2.29. The molecule has 2 rings (SSSR count). The third-order valence-corrected chi connectivity index (χ3v) is 4.17. The van der Waals surface area contributed by atoms with Crippen LogP contribution < -0.4 is 5.32 Å². The number of alkyl halides is 3. The molecule has 1 fully saturated rings. The van der Waals surface area contributed by atoms with Crippen LogP contribution in [0.4, 0.5) is 18.9 Å². The molecule has 2 atom stereocenters. The Morgan fingerprint density at radius 1 is 1.40 bits per heavy atom. The summed E-state index contributed by atoms with van der Waals surface area (Å²) in [4.78, 5) is 15.9. The van der Waals surface area contributed by atoms with Crippen molar-refractivity contribution in [3.05, 3.63) is 22.9 Å². The van der Waals surface area contributed by atoms with Crippen molar-refractivity contribution in [1.82, 2.24) is 4.98 Å². The smallest absolute Gasteiger partial charge is 0.325 e. The van der Waals surface area contributed by atoms with E-state index in [9.17, 15) is 18.0 Å². The Kier molecular flexibility index (Phi) is 4.67. The average Bonchev–Trinajstić information content (AvgIpc) is 2.40. The number of halogens is 4. The van der Waals surface area contributed by atoms with E-state index in [1.807, 2.05) is 0 Å². The molecule has 1 saturated carbocycles. The first kappa shape index (κ1) is 15.3. The van der Waals surface area contributed by atoms with Crippen molar-refractivity contribution >= 4 is 27.5 Å². The molecule has 20 heavy (non-hydrogen) atoms. The van der Waals surface area contributed by atoms with Gasteiger partial charge in [0.2, 0.25) is 5.91 Å². The van der Waals surface area contributed by atoms with Crippen molar-refractivity contribution in [2.75, 3.05) is 5.32 Å². The number of hydrogen-bond acceptors (Lipinski definition) is 2. The van der Waals surface area contributed by atoms with Crippen LogP contribution in [0.1, 0.15) is 25.7 Å². The van der Waals surface area contributed by atoms with Gasteiger partial charge >= 0.3 is 6.18 Å². The van der Waals surface area contributed by atoms with E-state index in [-0.39, 0.29) is 18.7 Å². The molecule has 1 aromatic heterocycles. The van der Waals surface area contributed by atoms with E-state index in [1.165, 1.54) is 12.4 Å². The molecular formula is C13H14BrF3N2O. The SMILES string of the molecule is O=C(Nc1ccncc1Br)C1CCCC(C(F)(F)F)C1. The molecule has 1 aliphatic carbocycles. The second-order valence-electron chi connectivity index (χ2n) is 4.95. The van der Waals surface area contributed by atoms with Crippen molar-refractivity contribution in [3.63, 3.8) is 0 Å². The molecule has 110 valence electrons. The fraction of sp³-hybridized carbons (Fsp3) is 0.538. The van der Waals surface area contributed by atoms with Gasteiger partial charge in [0.05, 0.1) is 16.1 Å². The monoisotopic (exact) mass is 350 g/mol. The van der Waals surface area contributed by atoms with Crippen LogP contribution in [0, 0.1) is 11.8 Å². The van der Waals surface area contributed by atoms with Crippen LogP contribution in [-0.4, -0.2) is 17.1 Å². The first-order valence-electron chi connectivity index (χ1n) is 6.35. The highest BCUT2D eigenvalue weighted by Crippen LogP contribution is 2.40. The van der Waals surface area contributed by atoms with Crippen molar-refractivity contribution in [1.29, 1.82) is 0 Å². The van der Waals surface area contributed by atoms with Crippen LogP contribution in [-0.2, 0) is 4.79 Å². The highest BCUT2D eigenvalue weighted by atomic mass is 79.9. The number of anilines is 1. The summed E-state index contributed by atoms with van der Waals surface area (Å²) in [6.07, 6.45) is -0.254. The molecular weight excluding hydrogens is 337 g/mol. The molecule has 1 N–H and O–H groups in total. The molecule has 0 aromatic carbocycles. The summed E-state index contributed by atoms with van der Waals surface area (Å²) >= 11 is 3.24. The fourth-order valence-electron chi connectivity index (χ4n) is 2.44. The maximum Gasteiger partial charge on any atom is 0.391 e. The van der Waals surface area contributed by atoms with Crippen LogP contribution in [0.2, 0.25) is 0 Å². The zero-order valence-electron chi connectivity index (χ0n) is 10.6. The molecule has 1 heterocycles. The third kappa shape index (κ3) is 3.71. The van der Waals surface area contributed by atoms with E-state index in [1.54, 1.807) is 6.07 Å². The number of rotatable bonds is 2. The lowest BCUT2D eigenvalue weighted by molar-refractivity contribution is -0.185. The van der Waals surface area contributed by atoms with Crippen molar-refractivity contribution in [3.8, 4) is 0 Å². The van der Waals surface area contributed by atoms with Gasteiger partial charge in [-0.05, 0) is 41.3 Å². The van der Waals surface area contributed by atoms with Crippen molar-refractivity contribution < 1.29 is 18.0 Å².